The molecule has 1 aliphatic heterocycles. The lowest BCUT2D eigenvalue weighted by Gasteiger charge is -2.36. The number of rotatable bonds is 3. The second-order valence-corrected chi connectivity index (χ2v) is 6.66. The molecule has 0 saturated carbocycles. The molecule has 0 unspecified atom stereocenters. The summed E-state index contributed by atoms with van der Waals surface area (Å²) >= 11 is 6.32. The lowest BCUT2D eigenvalue weighted by molar-refractivity contribution is 0.0600. The second kappa shape index (κ2) is 7.79. The number of nitrogens with zero attached hydrogens (tertiary/aromatic N) is 2. The van der Waals surface area contributed by atoms with Crippen LogP contribution in [0.25, 0.3) is 0 Å². The summed E-state index contributed by atoms with van der Waals surface area (Å²) in [7, 11) is 1.35. The maximum atomic E-state index is 12.7. The number of hydrogen-bond acceptors (Lipinski definition) is 4. The van der Waals surface area contributed by atoms with Crippen LogP contribution in [0.5, 0.6) is 0 Å². The van der Waals surface area contributed by atoms with Crippen molar-refractivity contribution >= 4 is 29.2 Å². The van der Waals surface area contributed by atoms with Crippen molar-refractivity contribution < 1.29 is 14.3 Å². The van der Waals surface area contributed by atoms with Crippen LogP contribution in [0.1, 0.15) is 26.3 Å². The van der Waals surface area contributed by atoms with E-state index in [0.717, 1.165) is 16.8 Å². The fourth-order valence-corrected chi connectivity index (χ4v) is 3.37. The highest BCUT2D eigenvalue weighted by Gasteiger charge is 2.24. The van der Waals surface area contributed by atoms with E-state index in [0.29, 0.717) is 36.8 Å². The van der Waals surface area contributed by atoms with E-state index in [1.807, 2.05) is 36.1 Å². The quantitative estimate of drug-likeness (QED) is 0.775. The molecule has 1 fully saturated rings. The minimum atomic E-state index is -0.392. The Morgan fingerprint density at radius 1 is 1.04 bits per heavy atom. The number of anilines is 1. The van der Waals surface area contributed by atoms with Crippen molar-refractivity contribution in [1.82, 2.24) is 4.90 Å². The smallest absolute Gasteiger partial charge is 0.337 e. The summed E-state index contributed by atoms with van der Waals surface area (Å²) in [6, 6.07) is 12.7. The Hall–Kier alpha value is -2.53. The number of carbonyl (C=O) groups excluding carboxylic acids is 2. The summed E-state index contributed by atoms with van der Waals surface area (Å²) in [4.78, 5) is 28.4. The van der Waals surface area contributed by atoms with Crippen LogP contribution in [-0.2, 0) is 4.74 Å². The molecule has 2 aromatic rings. The number of carbonyl (C=O) groups is 2. The van der Waals surface area contributed by atoms with Crippen molar-refractivity contribution in [3.63, 3.8) is 0 Å². The van der Waals surface area contributed by atoms with E-state index < -0.39 is 5.97 Å². The van der Waals surface area contributed by atoms with Crippen LogP contribution < -0.4 is 4.90 Å². The zero-order valence-electron chi connectivity index (χ0n) is 14.9. The molecule has 0 N–H and O–H groups in total. The molecule has 0 radical (unpaired) electrons. The third-order valence-corrected chi connectivity index (χ3v) is 4.97. The minimum absolute atomic E-state index is 0.0529. The number of piperazine rings is 1. The van der Waals surface area contributed by atoms with Crippen molar-refractivity contribution in [2.45, 2.75) is 6.92 Å². The average molecular weight is 373 g/mol. The van der Waals surface area contributed by atoms with Crippen LogP contribution in [0.4, 0.5) is 5.69 Å². The van der Waals surface area contributed by atoms with Gasteiger partial charge in [0.1, 0.15) is 0 Å². The summed E-state index contributed by atoms with van der Waals surface area (Å²) < 4.78 is 4.77. The number of methoxy groups -OCH3 is 1. The van der Waals surface area contributed by atoms with Crippen LogP contribution >= 0.6 is 11.6 Å². The van der Waals surface area contributed by atoms with Gasteiger partial charge in [0.25, 0.3) is 5.91 Å². The van der Waals surface area contributed by atoms with Crippen molar-refractivity contribution in [1.29, 1.82) is 0 Å². The number of benzene rings is 2. The van der Waals surface area contributed by atoms with E-state index in [1.165, 1.54) is 7.11 Å². The van der Waals surface area contributed by atoms with E-state index in [9.17, 15) is 9.59 Å². The topological polar surface area (TPSA) is 49.9 Å². The first-order valence-electron chi connectivity index (χ1n) is 8.49. The van der Waals surface area contributed by atoms with Gasteiger partial charge in [-0.1, -0.05) is 29.8 Å². The van der Waals surface area contributed by atoms with E-state index in [4.69, 9.17) is 16.3 Å². The molecular formula is C20H21ClN2O3. The number of halogens is 1. The van der Waals surface area contributed by atoms with Gasteiger partial charge in [0, 0.05) is 31.7 Å². The molecule has 26 heavy (non-hydrogen) atoms. The summed E-state index contributed by atoms with van der Waals surface area (Å²) in [5.74, 6) is -0.339. The molecule has 0 aromatic heterocycles. The highest BCUT2D eigenvalue weighted by Crippen LogP contribution is 2.28. The predicted octanol–water partition coefficient (Wildman–Crippen LogP) is 3.40. The van der Waals surface area contributed by atoms with Gasteiger partial charge in [0.15, 0.2) is 0 Å². The van der Waals surface area contributed by atoms with Crippen LogP contribution in [0.3, 0.4) is 0 Å². The molecule has 3 rings (SSSR count). The molecule has 136 valence electrons. The van der Waals surface area contributed by atoms with Gasteiger partial charge < -0.3 is 14.5 Å². The Kier molecular flexibility index (Phi) is 5.47. The summed E-state index contributed by atoms with van der Waals surface area (Å²) in [5.41, 5.74) is 2.98. The fourth-order valence-electron chi connectivity index (χ4n) is 3.13. The molecule has 0 aliphatic carbocycles. The summed E-state index contributed by atoms with van der Waals surface area (Å²) in [6.07, 6.45) is 0. The fraction of sp³-hybridized carbons (Fsp3) is 0.300. The standard InChI is InChI=1S/C20H21ClN2O3/c1-14-5-3-4-6-16(14)19(24)23-11-9-22(10-12-23)18-13-15(20(25)26-2)7-8-17(18)21/h3-8,13H,9-12H2,1-2H3. The molecule has 0 spiro atoms. The zero-order chi connectivity index (χ0) is 18.7. The van der Waals surface area contributed by atoms with Crippen LogP contribution in [0.15, 0.2) is 42.5 Å². The lowest BCUT2D eigenvalue weighted by atomic mass is 10.1. The van der Waals surface area contributed by atoms with Crippen LogP contribution in [-0.4, -0.2) is 50.1 Å². The molecule has 5 nitrogen and oxygen atoms in total. The van der Waals surface area contributed by atoms with Gasteiger partial charge in [0.05, 0.1) is 23.4 Å². The van der Waals surface area contributed by atoms with E-state index in [1.54, 1.807) is 18.2 Å². The molecule has 0 bridgehead atoms. The monoisotopic (exact) mass is 372 g/mol. The third kappa shape index (κ3) is 3.68. The Morgan fingerprint density at radius 2 is 1.73 bits per heavy atom. The molecule has 0 atom stereocenters. The first kappa shape index (κ1) is 18.3. The Balaban J connectivity index is 1.72. The third-order valence-electron chi connectivity index (χ3n) is 4.65. The maximum absolute atomic E-state index is 12.7. The van der Waals surface area contributed by atoms with Gasteiger partial charge in [-0.05, 0) is 36.8 Å². The van der Waals surface area contributed by atoms with Crippen molar-refractivity contribution in [3.05, 3.63) is 64.2 Å². The lowest BCUT2D eigenvalue weighted by Crippen LogP contribution is -2.49. The van der Waals surface area contributed by atoms with Gasteiger partial charge in [-0.3, -0.25) is 4.79 Å². The van der Waals surface area contributed by atoms with Crippen molar-refractivity contribution in [2.24, 2.45) is 0 Å². The normalized spacial score (nSPS) is 14.3. The van der Waals surface area contributed by atoms with E-state index in [-0.39, 0.29) is 5.91 Å². The first-order valence-corrected chi connectivity index (χ1v) is 8.87. The summed E-state index contributed by atoms with van der Waals surface area (Å²) in [5, 5.41) is 0.580. The number of aryl methyl sites for hydroxylation is 1. The van der Waals surface area contributed by atoms with Gasteiger partial charge in [-0.15, -0.1) is 0 Å². The number of hydrogen-bond donors (Lipinski definition) is 0. The largest absolute Gasteiger partial charge is 0.465 e. The molecule has 1 heterocycles. The highest BCUT2D eigenvalue weighted by molar-refractivity contribution is 6.33. The molecule has 1 aliphatic rings. The zero-order valence-corrected chi connectivity index (χ0v) is 15.6. The van der Waals surface area contributed by atoms with E-state index in [2.05, 4.69) is 4.90 Å². The predicted molar refractivity (Wildman–Crippen MR) is 102 cm³/mol. The van der Waals surface area contributed by atoms with Gasteiger partial charge in [-0.25, -0.2) is 4.79 Å². The van der Waals surface area contributed by atoms with Crippen LogP contribution in [0, 0.1) is 6.92 Å². The highest BCUT2D eigenvalue weighted by atomic mass is 35.5. The maximum Gasteiger partial charge on any atom is 0.337 e. The molecule has 2 aromatic carbocycles. The van der Waals surface area contributed by atoms with Crippen molar-refractivity contribution in [3.8, 4) is 0 Å². The molecular weight excluding hydrogens is 352 g/mol. The number of esters is 1. The number of ether oxygens (including phenoxy) is 1. The first-order chi connectivity index (χ1) is 12.5. The van der Waals surface area contributed by atoms with Gasteiger partial charge in [-0.2, -0.15) is 0 Å². The Labute approximate surface area is 158 Å². The minimum Gasteiger partial charge on any atom is -0.465 e. The second-order valence-electron chi connectivity index (χ2n) is 6.25. The Bertz CT molecular complexity index is 830. The molecule has 6 heteroatoms. The average Bonchev–Trinajstić information content (AvgIpc) is 2.68. The Morgan fingerprint density at radius 3 is 2.38 bits per heavy atom. The SMILES string of the molecule is COC(=O)c1ccc(Cl)c(N2CCN(C(=O)c3ccccc3C)CC2)c1. The number of amides is 1. The molecule has 1 saturated heterocycles. The van der Waals surface area contributed by atoms with Gasteiger partial charge >= 0.3 is 5.97 Å². The molecule has 1 amide bonds. The van der Waals surface area contributed by atoms with Crippen molar-refractivity contribution in [2.75, 3.05) is 38.2 Å². The van der Waals surface area contributed by atoms with E-state index >= 15 is 0 Å². The van der Waals surface area contributed by atoms with Gasteiger partial charge in [0.2, 0.25) is 0 Å². The summed E-state index contributed by atoms with van der Waals surface area (Å²) in [6.45, 7) is 4.46. The van der Waals surface area contributed by atoms with Crippen LogP contribution in [0.2, 0.25) is 5.02 Å².